The maximum absolute atomic E-state index is 13.2. The molecule has 0 radical (unpaired) electrons. The fourth-order valence-corrected chi connectivity index (χ4v) is 3.92. The Labute approximate surface area is 179 Å². The third-order valence-electron chi connectivity index (χ3n) is 5.45. The average molecular weight is 418 g/mol. The predicted octanol–water partition coefficient (Wildman–Crippen LogP) is 2.26. The number of phenols is 1. The van der Waals surface area contributed by atoms with Crippen LogP contribution in [0.25, 0.3) is 0 Å². The highest BCUT2D eigenvalue weighted by Gasteiger charge is 2.41. The molecule has 2 aliphatic rings. The average Bonchev–Trinajstić information content (AvgIpc) is 3.04. The number of anilines is 2. The van der Waals surface area contributed by atoms with E-state index in [0.29, 0.717) is 47.8 Å². The second kappa shape index (κ2) is 8.02. The van der Waals surface area contributed by atoms with E-state index in [4.69, 9.17) is 0 Å². The van der Waals surface area contributed by atoms with E-state index >= 15 is 0 Å². The van der Waals surface area contributed by atoms with Crippen molar-refractivity contribution in [1.29, 1.82) is 0 Å². The number of benzene rings is 1. The Hall–Kier alpha value is -4.01. The molecule has 1 fully saturated rings. The van der Waals surface area contributed by atoms with Crippen molar-refractivity contribution in [2.45, 2.75) is 12.6 Å². The minimum Gasteiger partial charge on any atom is -0.508 e. The highest BCUT2D eigenvalue weighted by Crippen LogP contribution is 2.38. The first-order valence-electron chi connectivity index (χ1n) is 9.69. The van der Waals surface area contributed by atoms with Gasteiger partial charge in [0.15, 0.2) is 0 Å². The number of likely N-dealkylation sites (tertiary alicyclic amines) is 1. The Bertz CT molecular complexity index is 1120. The van der Waals surface area contributed by atoms with E-state index in [2.05, 4.69) is 33.6 Å². The van der Waals surface area contributed by atoms with Gasteiger partial charge in [0, 0.05) is 56.3 Å². The zero-order valence-corrected chi connectivity index (χ0v) is 17.1. The van der Waals surface area contributed by atoms with Crippen LogP contribution in [0.4, 0.5) is 17.1 Å². The van der Waals surface area contributed by atoms with Gasteiger partial charge in [0.05, 0.1) is 34.9 Å². The van der Waals surface area contributed by atoms with Crippen LogP contribution in [0.15, 0.2) is 47.2 Å². The molecule has 2 amide bonds. The minimum absolute atomic E-state index is 0.0275. The van der Waals surface area contributed by atoms with Gasteiger partial charge in [0.2, 0.25) is 5.91 Å². The largest absolute Gasteiger partial charge is 0.508 e. The van der Waals surface area contributed by atoms with E-state index in [0.717, 1.165) is 5.56 Å². The number of aromatic hydroxyl groups is 1. The van der Waals surface area contributed by atoms with Crippen molar-refractivity contribution in [3.05, 3.63) is 53.9 Å². The van der Waals surface area contributed by atoms with Gasteiger partial charge in [0.25, 0.3) is 5.91 Å². The van der Waals surface area contributed by atoms with Gasteiger partial charge in [0.1, 0.15) is 5.75 Å². The Kier molecular flexibility index (Phi) is 5.24. The van der Waals surface area contributed by atoms with Crippen LogP contribution in [-0.2, 0) is 11.3 Å². The molecule has 1 saturated heterocycles. The van der Waals surface area contributed by atoms with Crippen molar-refractivity contribution >= 4 is 41.8 Å². The Balaban J connectivity index is 1.62. The smallest absolute Gasteiger partial charge is 0.257 e. The number of nitrogens with zero attached hydrogens (tertiary/aromatic N) is 5. The van der Waals surface area contributed by atoms with Crippen LogP contribution < -0.4 is 5.32 Å². The number of phenolic OH excluding ortho intramolecular Hbond substituents is 1. The molecule has 2 aliphatic heterocycles. The van der Waals surface area contributed by atoms with E-state index in [1.165, 1.54) is 18.2 Å². The maximum atomic E-state index is 13.2. The standard InChI is InChI=1S/C22H22N6O3/c1-4-19(30)27-11-15(12-27)28-10-14-8-25-9-18(20(14)22(28)31)26-17-6-16(29)5-13(7-23-2)21(17)24-3/h4-9,15,26,29H,1,3,10-12H2,2H3/b23-7-. The summed E-state index contributed by atoms with van der Waals surface area (Å²) in [5.74, 6) is -0.233. The monoisotopic (exact) mass is 418 g/mol. The molecule has 0 aliphatic carbocycles. The summed E-state index contributed by atoms with van der Waals surface area (Å²) in [4.78, 5) is 40.6. The highest BCUT2D eigenvalue weighted by atomic mass is 16.3. The molecular weight excluding hydrogens is 396 g/mol. The number of aromatic nitrogens is 1. The molecule has 3 heterocycles. The third kappa shape index (κ3) is 3.54. The Morgan fingerprint density at radius 3 is 2.77 bits per heavy atom. The van der Waals surface area contributed by atoms with Crippen molar-refractivity contribution in [2.24, 2.45) is 9.98 Å². The fourth-order valence-electron chi connectivity index (χ4n) is 3.92. The lowest BCUT2D eigenvalue weighted by Crippen LogP contribution is -2.60. The number of aliphatic imine (C=N–C) groups is 2. The van der Waals surface area contributed by atoms with Gasteiger partial charge in [-0.1, -0.05) is 6.58 Å². The van der Waals surface area contributed by atoms with E-state index in [1.807, 2.05) is 0 Å². The quantitative estimate of drug-likeness (QED) is 0.552. The van der Waals surface area contributed by atoms with E-state index in [9.17, 15) is 14.7 Å². The van der Waals surface area contributed by atoms with E-state index in [1.54, 1.807) is 35.5 Å². The van der Waals surface area contributed by atoms with Crippen molar-refractivity contribution in [1.82, 2.24) is 14.8 Å². The van der Waals surface area contributed by atoms with Crippen LogP contribution in [-0.4, -0.2) is 70.8 Å². The summed E-state index contributed by atoms with van der Waals surface area (Å²) in [6, 6.07) is 3.00. The van der Waals surface area contributed by atoms with E-state index in [-0.39, 0.29) is 23.6 Å². The van der Waals surface area contributed by atoms with Crippen LogP contribution in [0.2, 0.25) is 0 Å². The van der Waals surface area contributed by atoms with Crippen LogP contribution in [0.3, 0.4) is 0 Å². The fraction of sp³-hybridized carbons (Fsp3) is 0.227. The molecule has 31 heavy (non-hydrogen) atoms. The van der Waals surface area contributed by atoms with E-state index < -0.39 is 0 Å². The topological polar surface area (TPSA) is 110 Å². The number of rotatable bonds is 6. The van der Waals surface area contributed by atoms with Crippen LogP contribution >= 0.6 is 0 Å². The lowest BCUT2D eigenvalue weighted by atomic mass is 10.1. The number of fused-ring (bicyclic) bond motifs is 1. The van der Waals surface area contributed by atoms with Gasteiger partial charge >= 0.3 is 0 Å². The summed E-state index contributed by atoms with van der Waals surface area (Å²) in [5.41, 5.74) is 3.41. The molecule has 0 atom stereocenters. The van der Waals surface area contributed by atoms with Crippen molar-refractivity contribution in [3.63, 3.8) is 0 Å². The van der Waals surface area contributed by atoms with Gasteiger partial charge < -0.3 is 20.2 Å². The summed E-state index contributed by atoms with van der Waals surface area (Å²) < 4.78 is 0. The second-order valence-electron chi connectivity index (χ2n) is 7.36. The second-order valence-corrected chi connectivity index (χ2v) is 7.36. The van der Waals surface area contributed by atoms with Crippen molar-refractivity contribution < 1.29 is 14.7 Å². The lowest BCUT2D eigenvalue weighted by Gasteiger charge is -2.43. The van der Waals surface area contributed by atoms with Crippen LogP contribution in [0.5, 0.6) is 5.75 Å². The summed E-state index contributed by atoms with van der Waals surface area (Å²) in [5, 5.41) is 13.3. The van der Waals surface area contributed by atoms with Gasteiger partial charge in [-0.15, -0.1) is 0 Å². The summed E-state index contributed by atoms with van der Waals surface area (Å²) in [6.07, 6.45) is 6.09. The highest BCUT2D eigenvalue weighted by molar-refractivity contribution is 6.05. The molecule has 158 valence electrons. The molecule has 0 unspecified atom stereocenters. The molecule has 0 spiro atoms. The number of carbonyl (C=O) groups excluding carboxylic acids is 2. The van der Waals surface area contributed by atoms with Crippen LogP contribution in [0.1, 0.15) is 21.5 Å². The number of amides is 2. The first-order valence-corrected chi connectivity index (χ1v) is 9.69. The molecule has 9 nitrogen and oxygen atoms in total. The number of nitrogens with one attached hydrogen (secondary N) is 1. The molecule has 4 rings (SSSR count). The van der Waals surface area contributed by atoms with Crippen molar-refractivity contribution in [3.8, 4) is 5.75 Å². The van der Waals surface area contributed by atoms with Gasteiger partial charge in [-0.05, 0) is 18.9 Å². The zero-order valence-electron chi connectivity index (χ0n) is 17.1. The first-order chi connectivity index (χ1) is 15.0. The number of hydrogen-bond donors (Lipinski definition) is 2. The molecule has 2 aromatic rings. The molecule has 0 saturated carbocycles. The van der Waals surface area contributed by atoms with Gasteiger partial charge in [-0.25, -0.2) is 0 Å². The molecule has 1 aromatic heterocycles. The normalized spacial score (nSPS) is 15.7. The SMILES string of the molecule is C=CC(=O)N1CC(N2Cc3cncc(Nc4cc(O)cc(/C=N\C)c4N=C)c3C2=O)C1. The number of hydrogen-bond acceptors (Lipinski definition) is 7. The van der Waals surface area contributed by atoms with Crippen molar-refractivity contribution in [2.75, 3.05) is 25.5 Å². The molecule has 1 aromatic carbocycles. The summed E-state index contributed by atoms with van der Waals surface area (Å²) in [7, 11) is 1.62. The van der Waals surface area contributed by atoms with Gasteiger partial charge in [-0.2, -0.15) is 0 Å². The zero-order chi connectivity index (χ0) is 22.1. The number of carbonyl (C=O) groups is 2. The number of pyridine rings is 1. The summed E-state index contributed by atoms with van der Waals surface area (Å²) in [6.45, 7) is 8.50. The minimum atomic E-state index is -0.135. The summed E-state index contributed by atoms with van der Waals surface area (Å²) >= 11 is 0. The molecule has 0 bridgehead atoms. The Morgan fingerprint density at radius 2 is 2.10 bits per heavy atom. The first kappa shape index (κ1) is 20.3. The van der Waals surface area contributed by atoms with Crippen LogP contribution in [0, 0.1) is 0 Å². The Morgan fingerprint density at radius 1 is 1.32 bits per heavy atom. The predicted molar refractivity (Wildman–Crippen MR) is 119 cm³/mol. The molecular formula is C22H22N6O3. The maximum Gasteiger partial charge on any atom is 0.257 e. The van der Waals surface area contributed by atoms with Gasteiger partial charge in [-0.3, -0.25) is 24.6 Å². The molecule has 2 N–H and O–H groups in total. The lowest BCUT2D eigenvalue weighted by molar-refractivity contribution is -0.132. The molecule has 9 heteroatoms. The third-order valence-corrected chi connectivity index (χ3v) is 5.45.